The zero-order valence-electron chi connectivity index (χ0n) is 13.4. The third-order valence-electron chi connectivity index (χ3n) is 3.90. The number of nitrogens with zero attached hydrogens (tertiary/aromatic N) is 2. The third kappa shape index (κ3) is 3.95. The molecule has 1 fully saturated rings. The standard InChI is InChI=1S/C18H17FN2O4/c19-15-9-12(1-3-16(15)21-5-7-25-8-6-21)11-20-13-2-4-17(22)14(10-13)18(23)24/h1-4,9-11,22H,5-8H2,(H,23,24). The molecule has 2 aromatic rings. The molecule has 0 aromatic heterocycles. The van der Waals surface area contributed by atoms with Gasteiger partial charge in [-0.1, -0.05) is 6.07 Å². The third-order valence-corrected chi connectivity index (χ3v) is 3.90. The van der Waals surface area contributed by atoms with E-state index in [0.29, 0.717) is 43.2 Å². The lowest BCUT2D eigenvalue weighted by Gasteiger charge is -2.29. The first kappa shape index (κ1) is 16.9. The van der Waals surface area contributed by atoms with Gasteiger partial charge in [0.1, 0.15) is 17.1 Å². The van der Waals surface area contributed by atoms with Crippen LogP contribution in [0, 0.1) is 5.82 Å². The van der Waals surface area contributed by atoms with Gasteiger partial charge in [0.25, 0.3) is 0 Å². The van der Waals surface area contributed by atoms with Gasteiger partial charge in [0.2, 0.25) is 0 Å². The van der Waals surface area contributed by atoms with Crippen LogP contribution in [0.5, 0.6) is 5.75 Å². The highest BCUT2D eigenvalue weighted by Crippen LogP contribution is 2.24. The highest BCUT2D eigenvalue weighted by Gasteiger charge is 2.15. The molecular weight excluding hydrogens is 327 g/mol. The minimum absolute atomic E-state index is 0.233. The van der Waals surface area contributed by atoms with Gasteiger partial charge in [0.15, 0.2) is 0 Å². The van der Waals surface area contributed by atoms with Crippen LogP contribution in [-0.2, 0) is 4.74 Å². The molecule has 0 atom stereocenters. The maximum Gasteiger partial charge on any atom is 0.339 e. The number of anilines is 1. The molecular formula is C18H17FN2O4. The number of benzene rings is 2. The summed E-state index contributed by atoms with van der Waals surface area (Å²) in [5, 5.41) is 18.5. The van der Waals surface area contributed by atoms with E-state index in [-0.39, 0.29) is 17.1 Å². The number of hydrogen-bond acceptors (Lipinski definition) is 5. The fourth-order valence-electron chi connectivity index (χ4n) is 2.59. The van der Waals surface area contributed by atoms with Crippen LogP contribution >= 0.6 is 0 Å². The number of aromatic carboxylic acids is 1. The van der Waals surface area contributed by atoms with Gasteiger partial charge in [0.05, 0.1) is 24.6 Å². The highest BCUT2D eigenvalue weighted by atomic mass is 19.1. The summed E-state index contributed by atoms with van der Waals surface area (Å²) in [7, 11) is 0. The van der Waals surface area contributed by atoms with Crippen molar-refractivity contribution in [3.63, 3.8) is 0 Å². The van der Waals surface area contributed by atoms with Gasteiger partial charge < -0.3 is 19.8 Å². The number of phenols is 1. The Kier molecular flexibility index (Phi) is 4.95. The predicted molar refractivity (Wildman–Crippen MR) is 91.8 cm³/mol. The number of carboxylic acids is 1. The zero-order chi connectivity index (χ0) is 17.8. The Morgan fingerprint density at radius 1 is 1.20 bits per heavy atom. The SMILES string of the molecule is O=C(O)c1cc(N=Cc2ccc(N3CCOCC3)c(F)c2)ccc1O. The van der Waals surface area contributed by atoms with E-state index in [0.717, 1.165) is 0 Å². The number of halogens is 1. The molecule has 6 nitrogen and oxygen atoms in total. The van der Waals surface area contributed by atoms with Crippen LogP contribution in [0.15, 0.2) is 41.4 Å². The predicted octanol–water partition coefficient (Wildman–Crippen LogP) is 2.82. The molecule has 1 saturated heterocycles. The number of carbonyl (C=O) groups is 1. The number of aliphatic imine (C=N–C) groups is 1. The summed E-state index contributed by atoms with van der Waals surface area (Å²) in [6.45, 7) is 2.45. The first-order chi connectivity index (χ1) is 12.0. The Hall–Kier alpha value is -2.93. The second-order valence-electron chi connectivity index (χ2n) is 5.58. The van der Waals surface area contributed by atoms with E-state index in [2.05, 4.69) is 4.99 Å². The molecule has 0 spiro atoms. The summed E-state index contributed by atoms with van der Waals surface area (Å²) >= 11 is 0. The van der Waals surface area contributed by atoms with Crippen molar-refractivity contribution in [1.29, 1.82) is 0 Å². The van der Waals surface area contributed by atoms with E-state index in [9.17, 15) is 14.3 Å². The van der Waals surface area contributed by atoms with Crippen LogP contribution in [0.2, 0.25) is 0 Å². The van der Waals surface area contributed by atoms with Crippen LogP contribution in [0.4, 0.5) is 15.8 Å². The maximum absolute atomic E-state index is 14.3. The summed E-state index contributed by atoms with van der Waals surface area (Å²) in [5.74, 6) is -1.91. The molecule has 7 heteroatoms. The van der Waals surface area contributed by atoms with E-state index < -0.39 is 5.97 Å². The van der Waals surface area contributed by atoms with Crippen LogP contribution in [0.1, 0.15) is 15.9 Å². The molecule has 0 aliphatic carbocycles. The molecule has 2 aromatic carbocycles. The summed E-state index contributed by atoms with van der Waals surface area (Å²) in [6.07, 6.45) is 1.45. The smallest absolute Gasteiger partial charge is 0.339 e. The highest BCUT2D eigenvalue weighted by molar-refractivity contribution is 5.92. The van der Waals surface area contributed by atoms with Crippen molar-refractivity contribution in [2.24, 2.45) is 4.99 Å². The largest absolute Gasteiger partial charge is 0.507 e. The average Bonchev–Trinajstić information content (AvgIpc) is 2.61. The number of hydrogen-bond donors (Lipinski definition) is 2. The lowest BCUT2D eigenvalue weighted by atomic mass is 10.1. The van der Waals surface area contributed by atoms with Gasteiger partial charge in [-0.2, -0.15) is 0 Å². The van der Waals surface area contributed by atoms with E-state index in [1.165, 1.54) is 30.5 Å². The summed E-state index contributed by atoms with van der Waals surface area (Å²) < 4.78 is 19.6. The summed E-state index contributed by atoms with van der Waals surface area (Å²) in [5.41, 5.74) is 1.20. The van der Waals surface area contributed by atoms with Gasteiger partial charge in [-0.15, -0.1) is 0 Å². The topological polar surface area (TPSA) is 82.4 Å². The van der Waals surface area contributed by atoms with Gasteiger partial charge in [0, 0.05) is 19.3 Å². The minimum Gasteiger partial charge on any atom is -0.507 e. The van der Waals surface area contributed by atoms with Crippen molar-refractivity contribution < 1.29 is 24.1 Å². The Morgan fingerprint density at radius 3 is 2.64 bits per heavy atom. The van der Waals surface area contributed by atoms with E-state index in [4.69, 9.17) is 9.84 Å². The Labute approximate surface area is 143 Å². The zero-order valence-corrected chi connectivity index (χ0v) is 13.4. The van der Waals surface area contributed by atoms with Gasteiger partial charge in [-0.25, -0.2) is 9.18 Å². The number of morpholine rings is 1. The van der Waals surface area contributed by atoms with E-state index >= 15 is 0 Å². The van der Waals surface area contributed by atoms with Gasteiger partial charge in [-0.05, 0) is 35.9 Å². The molecule has 1 heterocycles. The average molecular weight is 344 g/mol. The molecule has 3 rings (SSSR count). The molecule has 0 saturated carbocycles. The lowest BCUT2D eigenvalue weighted by Crippen LogP contribution is -2.36. The number of ether oxygens (including phenoxy) is 1. The fourth-order valence-corrected chi connectivity index (χ4v) is 2.59. The molecule has 1 aliphatic rings. The molecule has 0 bridgehead atoms. The molecule has 1 aliphatic heterocycles. The quantitative estimate of drug-likeness (QED) is 0.834. The lowest BCUT2D eigenvalue weighted by molar-refractivity contribution is 0.0693. The number of rotatable bonds is 4. The molecule has 25 heavy (non-hydrogen) atoms. The van der Waals surface area contributed by atoms with Crippen molar-refractivity contribution in [3.05, 3.63) is 53.3 Å². The number of carboxylic acid groups (broad SMARTS) is 1. The van der Waals surface area contributed by atoms with Crippen LogP contribution in [-0.4, -0.2) is 48.7 Å². The Morgan fingerprint density at radius 2 is 1.96 bits per heavy atom. The second-order valence-corrected chi connectivity index (χ2v) is 5.58. The monoisotopic (exact) mass is 344 g/mol. The van der Waals surface area contributed by atoms with E-state index in [1.54, 1.807) is 12.1 Å². The second kappa shape index (κ2) is 7.31. The molecule has 130 valence electrons. The first-order valence-electron chi connectivity index (χ1n) is 7.77. The Bertz CT molecular complexity index is 817. The van der Waals surface area contributed by atoms with Crippen molar-refractivity contribution in [3.8, 4) is 5.75 Å². The molecule has 0 unspecified atom stereocenters. The fraction of sp³-hybridized carbons (Fsp3) is 0.222. The Balaban J connectivity index is 1.79. The number of aromatic hydroxyl groups is 1. The molecule has 2 N–H and O–H groups in total. The van der Waals surface area contributed by atoms with Crippen molar-refractivity contribution in [1.82, 2.24) is 0 Å². The van der Waals surface area contributed by atoms with Crippen LogP contribution in [0.3, 0.4) is 0 Å². The minimum atomic E-state index is -1.24. The van der Waals surface area contributed by atoms with Crippen LogP contribution in [0.25, 0.3) is 0 Å². The normalized spacial score (nSPS) is 14.8. The van der Waals surface area contributed by atoms with Crippen LogP contribution < -0.4 is 4.90 Å². The van der Waals surface area contributed by atoms with E-state index in [1.807, 2.05) is 4.90 Å². The first-order valence-corrected chi connectivity index (χ1v) is 7.77. The summed E-state index contributed by atoms with van der Waals surface area (Å²) in [6, 6.07) is 8.83. The summed E-state index contributed by atoms with van der Waals surface area (Å²) in [4.78, 5) is 17.1. The van der Waals surface area contributed by atoms with Crippen molar-refractivity contribution in [2.45, 2.75) is 0 Å². The maximum atomic E-state index is 14.3. The van der Waals surface area contributed by atoms with Gasteiger partial charge >= 0.3 is 5.97 Å². The van der Waals surface area contributed by atoms with Gasteiger partial charge in [-0.3, -0.25) is 4.99 Å². The molecule has 0 radical (unpaired) electrons. The van der Waals surface area contributed by atoms with Crippen molar-refractivity contribution >= 4 is 23.6 Å². The molecule has 0 amide bonds. The van der Waals surface area contributed by atoms with Crippen molar-refractivity contribution in [2.75, 3.05) is 31.2 Å².